The Morgan fingerprint density at radius 2 is 2.15 bits per heavy atom. The summed E-state index contributed by atoms with van der Waals surface area (Å²) in [5.41, 5.74) is 5.48. The van der Waals surface area contributed by atoms with Crippen molar-refractivity contribution in [3.05, 3.63) is 23.8 Å². The largest absolute Gasteiger partial charge is 0.478 e. The molecule has 1 rings (SSSR count). The number of aromatic carboxylic acids is 1. The highest BCUT2D eigenvalue weighted by Gasteiger charge is 2.25. The number of rotatable bonds is 6. The molecule has 0 unspecified atom stereocenters. The van der Waals surface area contributed by atoms with Gasteiger partial charge in [0.05, 0.1) is 17.8 Å². The molecule has 0 saturated carbocycles. The van der Waals surface area contributed by atoms with Crippen molar-refractivity contribution in [3.63, 3.8) is 0 Å². The number of benzene rings is 1. The Morgan fingerprint density at radius 3 is 2.60 bits per heavy atom. The number of nitrogen functional groups attached to an aromatic ring is 1. The number of terminal acetylenes is 1. The molecule has 0 saturated heterocycles. The molecule has 0 aromatic heterocycles. The molecule has 0 bridgehead atoms. The van der Waals surface area contributed by atoms with Crippen molar-refractivity contribution < 1.29 is 18.3 Å². The van der Waals surface area contributed by atoms with Crippen molar-refractivity contribution in [1.29, 1.82) is 0 Å². The third kappa shape index (κ3) is 3.29. The van der Waals surface area contributed by atoms with E-state index in [0.29, 0.717) is 6.42 Å². The summed E-state index contributed by atoms with van der Waals surface area (Å²) >= 11 is 0. The molecule has 6 nitrogen and oxygen atoms in total. The number of carboxylic acids is 1. The fourth-order valence-corrected chi connectivity index (χ4v) is 3.23. The normalized spacial score (nSPS) is 11.2. The Labute approximate surface area is 118 Å². The van der Waals surface area contributed by atoms with Gasteiger partial charge in [-0.3, -0.25) is 0 Å². The SMILES string of the molecule is C#CCN(CCC)S(=O)(=O)c1ccc(C(=O)O)cc1N. The molecule has 1 aromatic carbocycles. The maximum atomic E-state index is 12.4. The van der Waals surface area contributed by atoms with Gasteiger partial charge >= 0.3 is 5.97 Å². The van der Waals surface area contributed by atoms with E-state index in [0.717, 1.165) is 10.4 Å². The van der Waals surface area contributed by atoms with Crippen LogP contribution in [0.3, 0.4) is 0 Å². The van der Waals surface area contributed by atoms with Crippen LogP contribution in [0.15, 0.2) is 23.1 Å². The van der Waals surface area contributed by atoms with Gasteiger partial charge in [0, 0.05) is 6.54 Å². The van der Waals surface area contributed by atoms with E-state index >= 15 is 0 Å². The van der Waals surface area contributed by atoms with E-state index in [-0.39, 0.29) is 29.2 Å². The summed E-state index contributed by atoms with van der Waals surface area (Å²) in [4.78, 5) is 10.7. The molecule has 0 spiro atoms. The highest BCUT2D eigenvalue weighted by atomic mass is 32.2. The van der Waals surface area contributed by atoms with Crippen LogP contribution in [0.1, 0.15) is 23.7 Å². The van der Waals surface area contributed by atoms with Crippen LogP contribution < -0.4 is 5.73 Å². The number of nitrogens with two attached hydrogens (primary N) is 1. The van der Waals surface area contributed by atoms with E-state index < -0.39 is 16.0 Å². The van der Waals surface area contributed by atoms with Gasteiger partial charge in [-0.1, -0.05) is 12.8 Å². The molecule has 0 aliphatic heterocycles. The lowest BCUT2D eigenvalue weighted by molar-refractivity contribution is 0.0697. The maximum Gasteiger partial charge on any atom is 0.335 e. The zero-order valence-corrected chi connectivity index (χ0v) is 11.9. The Balaban J connectivity index is 3.27. The van der Waals surface area contributed by atoms with Crippen LogP contribution in [0.5, 0.6) is 0 Å². The smallest absolute Gasteiger partial charge is 0.335 e. The van der Waals surface area contributed by atoms with Gasteiger partial charge in [0.25, 0.3) is 0 Å². The minimum absolute atomic E-state index is 0.0592. The van der Waals surface area contributed by atoms with Crippen LogP contribution in [0.25, 0.3) is 0 Å². The Morgan fingerprint density at radius 1 is 1.50 bits per heavy atom. The standard InChI is InChI=1S/C13H16N2O4S/c1-3-7-15(8-4-2)20(18,19)12-6-5-10(13(16)17)9-11(12)14/h1,5-6,9H,4,7-8,14H2,2H3,(H,16,17). The number of carboxylic acid groups (broad SMARTS) is 1. The predicted octanol–water partition coefficient (Wildman–Crippen LogP) is 1.00. The zero-order chi connectivity index (χ0) is 15.3. The Bertz CT molecular complexity index is 647. The number of hydrogen-bond donors (Lipinski definition) is 2. The first-order valence-corrected chi connectivity index (χ1v) is 7.35. The molecule has 7 heteroatoms. The lowest BCUT2D eigenvalue weighted by Crippen LogP contribution is -2.32. The van der Waals surface area contributed by atoms with Crippen molar-refractivity contribution in [3.8, 4) is 12.3 Å². The molecular formula is C13H16N2O4S. The molecule has 0 heterocycles. The minimum atomic E-state index is -3.83. The molecule has 20 heavy (non-hydrogen) atoms. The van der Waals surface area contributed by atoms with Gasteiger partial charge < -0.3 is 10.8 Å². The van der Waals surface area contributed by atoms with E-state index in [1.54, 1.807) is 0 Å². The highest BCUT2D eigenvalue weighted by Crippen LogP contribution is 2.23. The molecule has 108 valence electrons. The van der Waals surface area contributed by atoms with Crippen molar-refractivity contribution in [2.24, 2.45) is 0 Å². The van der Waals surface area contributed by atoms with Crippen LogP contribution in [-0.4, -0.2) is 36.9 Å². The number of hydrogen-bond acceptors (Lipinski definition) is 4. The van der Waals surface area contributed by atoms with Crippen LogP contribution in [0.2, 0.25) is 0 Å². The molecule has 0 aliphatic rings. The van der Waals surface area contributed by atoms with Crippen molar-refractivity contribution in [1.82, 2.24) is 4.31 Å². The molecule has 0 atom stereocenters. The van der Waals surface area contributed by atoms with Gasteiger partial charge in [0.1, 0.15) is 4.90 Å². The average molecular weight is 296 g/mol. The van der Waals surface area contributed by atoms with Crippen molar-refractivity contribution in [2.75, 3.05) is 18.8 Å². The van der Waals surface area contributed by atoms with E-state index in [2.05, 4.69) is 5.92 Å². The number of anilines is 1. The second-order valence-electron chi connectivity index (χ2n) is 4.10. The van der Waals surface area contributed by atoms with Crippen LogP contribution in [0.4, 0.5) is 5.69 Å². The first-order valence-electron chi connectivity index (χ1n) is 5.91. The Hall–Kier alpha value is -2.04. The van der Waals surface area contributed by atoms with Crippen molar-refractivity contribution in [2.45, 2.75) is 18.2 Å². The van der Waals surface area contributed by atoms with Crippen LogP contribution in [-0.2, 0) is 10.0 Å². The average Bonchev–Trinajstić information content (AvgIpc) is 2.37. The van der Waals surface area contributed by atoms with Gasteiger partial charge in [0.2, 0.25) is 10.0 Å². The van der Waals surface area contributed by atoms with E-state index in [4.69, 9.17) is 17.3 Å². The zero-order valence-electron chi connectivity index (χ0n) is 11.0. The monoisotopic (exact) mass is 296 g/mol. The first kappa shape index (κ1) is 16.0. The molecule has 1 aromatic rings. The summed E-state index contributed by atoms with van der Waals surface area (Å²) < 4.78 is 26.0. The quantitative estimate of drug-likeness (QED) is 0.602. The van der Waals surface area contributed by atoms with Gasteiger partial charge in [-0.25, -0.2) is 13.2 Å². The Kier molecular flexibility index (Phi) is 5.13. The van der Waals surface area contributed by atoms with E-state index in [9.17, 15) is 13.2 Å². The first-order chi connectivity index (χ1) is 9.34. The molecule has 3 N–H and O–H groups in total. The summed E-state index contributed by atoms with van der Waals surface area (Å²) in [5.74, 6) is 1.12. The second kappa shape index (κ2) is 6.41. The maximum absolute atomic E-state index is 12.4. The lowest BCUT2D eigenvalue weighted by atomic mass is 10.2. The summed E-state index contributed by atoms with van der Waals surface area (Å²) in [6.45, 7) is 2.04. The van der Waals surface area contributed by atoms with Gasteiger partial charge in [-0.05, 0) is 24.6 Å². The fraction of sp³-hybridized carbons (Fsp3) is 0.308. The number of sulfonamides is 1. The van der Waals surface area contributed by atoms with Crippen LogP contribution in [0, 0.1) is 12.3 Å². The van der Waals surface area contributed by atoms with Gasteiger partial charge in [0.15, 0.2) is 0 Å². The predicted molar refractivity (Wildman–Crippen MR) is 75.7 cm³/mol. The summed E-state index contributed by atoms with van der Waals surface area (Å²) in [6, 6.07) is 3.51. The van der Waals surface area contributed by atoms with Crippen molar-refractivity contribution >= 4 is 21.7 Å². The molecule has 0 aliphatic carbocycles. The summed E-state index contributed by atoms with van der Waals surface area (Å²) in [6.07, 6.45) is 5.78. The van der Waals surface area contributed by atoms with E-state index in [1.165, 1.54) is 12.1 Å². The molecule has 0 radical (unpaired) electrons. The topological polar surface area (TPSA) is 101 Å². The number of carbonyl (C=O) groups is 1. The van der Waals surface area contributed by atoms with E-state index in [1.807, 2.05) is 6.92 Å². The molecule has 0 amide bonds. The fourth-order valence-electron chi connectivity index (χ4n) is 1.69. The minimum Gasteiger partial charge on any atom is -0.478 e. The summed E-state index contributed by atoms with van der Waals surface area (Å²) in [7, 11) is -3.83. The second-order valence-corrected chi connectivity index (χ2v) is 6.01. The third-order valence-electron chi connectivity index (χ3n) is 2.62. The van der Waals surface area contributed by atoms with Gasteiger partial charge in [-0.2, -0.15) is 4.31 Å². The summed E-state index contributed by atoms with van der Waals surface area (Å²) in [5, 5.41) is 8.84. The highest BCUT2D eigenvalue weighted by molar-refractivity contribution is 7.89. The van der Waals surface area contributed by atoms with Crippen LogP contribution >= 0.6 is 0 Å². The third-order valence-corrected chi connectivity index (χ3v) is 4.53. The number of nitrogens with zero attached hydrogens (tertiary/aromatic N) is 1. The van der Waals surface area contributed by atoms with Gasteiger partial charge in [-0.15, -0.1) is 6.42 Å². The molecular weight excluding hydrogens is 280 g/mol. The lowest BCUT2D eigenvalue weighted by Gasteiger charge is -2.20. The molecule has 0 fully saturated rings.